The minimum Gasteiger partial charge on any atom is -0.391 e. The second-order valence-electron chi connectivity index (χ2n) is 21.4. The number of unbranched alkanes of at least 4 members (excludes halogenated alkanes) is 1. The highest BCUT2D eigenvalue weighted by atomic mass is 35.5. The standard InChI is InChI=1S/C59H67ClN10O6S2/c1-34-23-26-77-53(34)43-13-11-39(12-14-43)29-61-56(74)48-27-46(71)32-69(48)57(75)54(59(6,7)8)65-50(73)33-76-25-10-9-24-68-31-44(30-62-68)41-17-15-40(16-18-41)36(3)63-49(72)28-47-55-67-66-38(5)70(55)58-51(35(2)37(4)78-58)52(64-47)42-19-21-45(60)22-20-42/h11-23,26,30-31,36,46-48,54,71H,9-10,24-25,27-29,32-33H2,1-8H3,(H,61,74)(H,63,72)(H,65,73)/t36-,46-,47+,48+,54-/m1/s1. The third kappa shape index (κ3) is 12.7. The molecule has 408 valence electrons. The van der Waals surface area contributed by atoms with E-state index in [2.05, 4.69) is 63.5 Å². The first-order chi connectivity index (χ1) is 37.3. The molecule has 0 radical (unpaired) electrons. The molecule has 4 aromatic heterocycles. The fraction of sp³-hybridized carbons (Fsp3) is 0.390. The van der Waals surface area contributed by atoms with Gasteiger partial charge < -0.3 is 30.7 Å². The summed E-state index contributed by atoms with van der Waals surface area (Å²) in [4.78, 5) is 63.7. The van der Waals surface area contributed by atoms with Gasteiger partial charge in [0.15, 0.2) is 5.82 Å². The molecule has 19 heteroatoms. The highest BCUT2D eigenvalue weighted by molar-refractivity contribution is 7.15. The molecule has 2 aliphatic heterocycles. The highest BCUT2D eigenvalue weighted by Crippen LogP contribution is 2.40. The van der Waals surface area contributed by atoms with E-state index in [0.29, 0.717) is 30.4 Å². The van der Waals surface area contributed by atoms with Crippen LogP contribution in [0.5, 0.6) is 0 Å². The number of ether oxygens (including phenoxy) is 1. The van der Waals surface area contributed by atoms with Gasteiger partial charge in [-0.2, -0.15) is 5.10 Å². The molecule has 0 spiro atoms. The Kier molecular flexibility index (Phi) is 17.2. The number of aryl methyl sites for hydroxylation is 4. The summed E-state index contributed by atoms with van der Waals surface area (Å²) in [5.74, 6) is -0.0280. The Morgan fingerprint density at radius 2 is 1.59 bits per heavy atom. The van der Waals surface area contributed by atoms with E-state index in [1.807, 2.05) is 129 Å². The third-order valence-electron chi connectivity index (χ3n) is 14.5. The van der Waals surface area contributed by atoms with Crippen LogP contribution in [0.15, 0.2) is 102 Å². The van der Waals surface area contributed by atoms with Crippen molar-refractivity contribution in [3.63, 3.8) is 0 Å². The Hall–Kier alpha value is -6.83. The van der Waals surface area contributed by atoms with Crippen LogP contribution >= 0.6 is 34.3 Å². The van der Waals surface area contributed by atoms with Gasteiger partial charge in [-0.15, -0.1) is 32.9 Å². The highest BCUT2D eigenvalue weighted by Gasteiger charge is 2.44. The molecule has 7 aromatic rings. The van der Waals surface area contributed by atoms with Crippen LogP contribution in [0.1, 0.15) is 115 Å². The Balaban J connectivity index is 0.720. The lowest BCUT2D eigenvalue weighted by Crippen LogP contribution is -2.58. The molecular weight excluding hydrogens is 1040 g/mol. The number of carbonyl (C=O) groups excluding carboxylic acids is 4. The molecule has 3 aromatic carbocycles. The number of benzene rings is 3. The van der Waals surface area contributed by atoms with Crippen LogP contribution < -0.4 is 16.0 Å². The van der Waals surface area contributed by atoms with Gasteiger partial charge >= 0.3 is 0 Å². The summed E-state index contributed by atoms with van der Waals surface area (Å²) in [5.41, 5.74) is 9.29. The fourth-order valence-corrected chi connectivity index (χ4v) is 12.3. The second-order valence-corrected chi connectivity index (χ2v) is 23.9. The van der Waals surface area contributed by atoms with Crippen molar-refractivity contribution in [3.8, 4) is 26.6 Å². The van der Waals surface area contributed by atoms with E-state index >= 15 is 0 Å². The van der Waals surface area contributed by atoms with Crippen LogP contribution in [0.4, 0.5) is 0 Å². The molecule has 16 nitrogen and oxygen atoms in total. The quantitative estimate of drug-likeness (QED) is 0.0570. The van der Waals surface area contributed by atoms with Crippen LogP contribution in [0.25, 0.3) is 26.6 Å². The van der Waals surface area contributed by atoms with E-state index < -0.39 is 41.5 Å². The molecule has 6 heterocycles. The van der Waals surface area contributed by atoms with E-state index in [1.54, 1.807) is 22.7 Å². The lowest BCUT2D eigenvalue weighted by molar-refractivity contribution is -0.144. The molecule has 4 amide bonds. The van der Waals surface area contributed by atoms with Gasteiger partial charge in [0.1, 0.15) is 35.6 Å². The number of aliphatic imine (C=N–C) groups is 1. The monoisotopic (exact) mass is 1110 g/mol. The molecular formula is C59H67ClN10O6S2. The number of aliphatic hydroxyl groups excluding tert-OH is 1. The predicted octanol–water partition coefficient (Wildman–Crippen LogP) is 9.57. The van der Waals surface area contributed by atoms with Gasteiger partial charge in [0, 0.05) is 70.3 Å². The molecule has 78 heavy (non-hydrogen) atoms. The van der Waals surface area contributed by atoms with E-state index in [0.717, 1.165) is 67.5 Å². The second kappa shape index (κ2) is 24.0. The molecule has 2 aliphatic rings. The van der Waals surface area contributed by atoms with E-state index in [-0.39, 0.29) is 50.4 Å². The van der Waals surface area contributed by atoms with Gasteiger partial charge in [-0.1, -0.05) is 93.0 Å². The van der Waals surface area contributed by atoms with Crippen LogP contribution in [0.2, 0.25) is 5.02 Å². The average molecular weight is 1110 g/mol. The number of aromatic nitrogens is 5. The zero-order valence-electron chi connectivity index (χ0n) is 45.3. The number of halogens is 1. The first-order valence-corrected chi connectivity index (χ1v) is 28.5. The number of thiophene rings is 2. The topological polar surface area (TPSA) is 198 Å². The normalized spacial score (nSPS) is 16.9. The maximum Gasteiger partial charge on any atom is 0.246 e. The molecule has 9 rings (SSSR count). The first-order valence-electron chi connectivity index (χ1n) is 26.4. The Morgan fingerprint density at radius 3 is 2.29 bits per heavy atom. The van der Waals surface area contributed by atoms with Gasteiger partial charge in [-0.3, -0.25) is 33.4 Å². The van der Waals surface area contributed by atoms with E-state index in [1.165, 1.54) is 20.2 Å². The Labute approximate surface area is 468 Å². The van der Waals surface area contributed by atoms with Gasteiger partial charge in [0.25, 0.3) is 0 Å². The average Bonchev–Trinajstić information content (AvgIpc) is 4.41. The number of amides is 4. The van der Waals surface area contributed by atoms with Crippen molar-refractivity contribution >= 4 is 63.6 Å². The fourth-order valence-electron chi connectivity index (χ4n) is 10.0. The maximum atomic E-state index is 14.1. The van der Waals surface area contributed by atoms with Gasteiger partial charge in [-0.05, 0) is 110 Å². The summed E-state index contributed by atoms with van der Waals surface area (Å²) in [6.07, 6.45) is 4.56. The maximum absolute atomic E-state index is 14.1. The number of carbonyl (C=O) groups is 4. The SMILES string of the molecule is Cc1ccsc1-c1ccc(CNC(=O)[C@@H]2C[C@@H](O)CN2C(=O)[C@@H](NC(=O)COCCCCn2cc(-c3ccc([C@@H](C)NC(=O)C[C@@H]4N=C(c5ccc(Cl)cc5)c5c(sc(C)c5C)-n5c(C)nnc54)cc3)cn2)C(C)(C)C)cc1. The lowest BCUT2D eigenvalue weighted by Gasteiger charge is -2.35. The molecule has 0 bridgehead atoms. The molecule has 0 saturated carbocycles. The van der Waals surface area contributed by atoms with Crippen molar-refractivity contribution in [2.75, 3.05) is 19.8 Å². The summed E-state index contributed by atoms with van der Waals surface area (Å²) in [6, 6.07) is 23.1. The summed E-state index contributed by atoms with van der Waals surface area (Å²) in [6.45, 7) is 16.7. The van der Waals surface area contributed by atoms with Crippen LogP contribution in [-0.4, -0.2) is 102 Å². The van der Waals surface area contributed by atoms with Crippen LogP contribution in [-0.2, 0) is 37.0 Å². The number of likely N-dealkylation sites (tertiary alicyclic amines) is 1. The molecule has 0 aliphatic carbocycles. The number of fused-ring (bicyclic) bond motifs is 3. The minimum atomic E-state index is -0.954. The van der Waals surface area contributed by atoms with Crippen LogP contribution in [0.3, 0.4) is 0 Å². The van der Waals surface area contributed by atoms with Gasteiger partial charge in [0.05, 0.1) is 30.5 Å². The number of nitrogens with zero attached hydrogens (tertiary/aromatic N) is 7. The summed E-state index contributed by atoms with van der Waals surface area (Å²) >= 11 is 9.64. The molecule has 0 unspecified atom stereocenters. The number of aliphatic hydroxyl groups is 1. The van der Waals surface area contributed by atoms with Crippen molar-refractivity contribution in [3.05, 3.63) is 152 Å². The minimum absolute atomic E-state index is 0.00769. The van der Waals surface area contributed by atoms with E-state index in [9.17, 15) is 24.3 Å². The van der Waals surface area contributed by atoms with Gasteiger partial charge in [0.2, 0.25) is 23.6 Å². The third-order valence-corrected chi connectivity index (χ3v) is 17.0. The zero-order chi connectivity index (χ0) is 55.4. The van der Waals surface area contributed by atoms with Gasteiger partial charge in [-0.25, -0.2) is 0 Å². The van der Waals surface area contributed by atoms with Crippen molar-refractivity contribution in [2.24, 2.45) is 10.4 Å². The lowest BCUT2D eigenvalue weighted by atomic mass is 9.85. The number of β-amino-alcohol motifs (C(OH)–C–C–N with tert-alkyl or cyclic N) is 1. The Bertz CT molecular complexity index is 3320. The van der Waals surface area contributed by atoms with Crippen molar-refractivity contribution in [1.29, 1.82) is 0 Å². The number of hydrogen-bond donors (Lipinski definition) is 4. The molecule has 1 saturated heterocycles. The first kappa shape index (κ1) is 55.9. The van der Waals surface area contributed by atoms with Crippen LogP contribution in [0, 0.1) is 33.1 Å². The zero-order valence-corrected chi connectivity index (χ0v) is 47.7. The summed E-state index contributed by atoms with van der Waals surface area (Å²) in [5, 5.41) is 36.9. The number of hydrogen-bond acceptors (Lipinski definition) is 12. The van der Waals surface area contributed by atoms with Crippen molar-refractivity contribution in [2.45, 2.75) is 124 Å². The largest absolute Gasteiger partial charge is 0.391 e. The van der Waals surface area contributed by atoms with Crippen molar-refractivity contribution < 1.29 is 29.0 Å². The smallest absolute Gasteiger partial charge is 0.246 e. The number of rotatable bonds is 19. The predicted molar refractivity (Wildman–Crippen MR) is 306 cm³/mol. The number of nitrogens with one attached hydrogen (secondary N) is 3. The molecule has 4 N–H and O–H groups in total. The summed E-state index contributed by atoms with van der Waals surface area (Å²) in [7, 11) is 0. The summed E-state index contributed by atoms with van der Waals surface area (Å²) < 4.78 is 9.67. The molecule has 5 atom stereocenters. The Morgan fingerprint density at radius 1 is 0.872 bits per heavy atom. The molecule has 1 fully saturated rings. The van der Waals surface area contributed by atoms with Crippen molar-refractivity contribution in [1.82, 2.24) is 45.4 Å². The van der Waals surface area contributed by atoms with E-state index in [4.69, 9.17) is 21.3 Å².